The van der Waals surface area contributed by atoms with Gasteiger partial charge in [0.2, 0.25) is 0 Å². The molecule has 4 nitrogen and oxygen atoms in total. The van der Waals surface area contributed by atoms with Gasteiger partial charge in [-0.25, -0.2) is 0 Å². The molecule has 0 saturated carbocycles. The van der Waals surface area contributed by atoms with Gasteiger partial charge < -0.3 is 4.74 Å². The number of hydrogen-bond acceptors (Lipinski definition) is 4. The fourth-order valence-corrected chi connectivity index (χ4v) is 2.95. The summed E-state index contributed by atoms with van der Waals surface area (Å²) in [7, 11) is 0. The van der Waals surface area contributed by atoms with E-state index in [1.165, 1.54) is 32.1 Å². The first kappa shape index (κ1) is 16.9. The van der Waals surface area contributed by atoms with Crippen molar-refractivity contribution < 1.29 is 4.74 Å². The van der Waals surface area contributed by atoms with E-state index in [-0.39, 0.29) is 5.54 Å². The van der Waals surface area contributed by atoms with Crippen molar-refractivity contribution in [3.8, 4) is 0 Å². The van der Waals surface area contributed by atoms with Crippen LogP contribution in [0.2, 0.25) is 0 Å². The minimum atomic E-state index is 0.100. The first-order valence-electron chi connectivity index (χ1n) is 7.91. The first-order chi connectivity index (χ1) is 9.12. The van der Waals surface area contributed by atoms with Crippen molar-refractivity contribution in [3.63, 3.8) is 0 Å². The standard InChI is InChI=1S/C15H33N3O/c1-4-5-6-7-8-9-14(17-16)15(2,3)18-10-12-19-13-11-18/h14,17H,4-13,16H2,1-3H3. The van der Waals surface area contributed by atoms with E-state index in [4.69, 9.17) is 10.6 Å². The molecule has 0 bridgehead atoms. The lowest BCUT2D eigenvalue weighted by molar-refractivity contribution is -0.0246. The average Bonchev–Trinajstić information content (AvgIpc) is 2.43. The zero-order valence-corrected chi connectivity index (χ0v) is 13.1. The summed E-state index contributed by atoms with van der Waals surface area (Å²) >= 11 is 0. The van der Waals surface area contributed by atoms with Crippen LogP contribution in [0, 0.1) is 0 Å². The molecule has 0 amide bonds. The Bertz CT molecular complexity index is 227. The second-order valence-electron chi connectivity index (χ2n) is 6.18. The lowest BCUT2D eigenvalue weighted by Gasteiger charge is -2.45. The van der Waals surface area contributed by atoms with Gasteiger partial charge in [0, 0.05) is 24.7 Å². The second-order valence-corrected chi connectivity index (χ2v) is 6.18. The number of ether oxygens (including phenoxy) is 1. The summed E-state index contributed by atoms with van der Waals surface area (Å²) in [5.74, 6) is 5.80. The summed E-state index contributed by atoms with van der Waals surface area (Å²) in [6, 6.07) is 0.354. The van der Waals surface area contributed by atoms with Crippen LogP contribution >= 0.6 is 0 Å². The van der Waals surface area contributed by atoms with Crippen LogP contribution in [0.15, 0.2) is 0 Å². The molecular formula is C15H33N3O. The molecule has 1 rings (SSSR count). The van der Waals surface area contributed by atoms with Gasteiger partial charge in [0.25, 0.3) is 0 Å². The van der Waals surface area contributed by atoms with E-state index in [9.17, 15) is 0 Å². The number of unbranched alkanes of at least 4 members (excludes halogenated alkanes) is 4. The average molecular weight is 271 g/mol. The van der Waals surface area contributed by atoms with Crippen molar-refractivity contribution in [1.29, 1.82) is 0 Å². The monoisotopic (exact) mass is 271 g/mol. The van der Waals surface area contributed by atoms with Crippen molar-refractivity contribution in [2.24, 2.45) is 5.84 Å². The van der Waals surface area contributed by atoms with Gasteiger partial charge in [0.15, 0.2) is 0 Å². The van der Waals surface area contributed by atoms with E-state index in [0.717, 1.165) is 32.7 Å². The van der Waals surface area contributed by atoms with E-state index >= 15 is 0 Å². The van der Waals surface area contributed by atoms with Crippen LogP contribution in [-0.4, -0.2) is 42.8 Å². The summed E-state index contributed by atoms with van der Waals surface area (Å²) in [5.41, 5.74) is 3.15. The van der Waals surface area contributed by atoms with E-state index in [1.807, 2.05) is 0 Å². The maximum Gasteiger partial charge on any atom is 0.0594 e. The summed E-state index contributed by atoms with van der Waals surface area (Å²) < 4.78 is 5.44. The Balaban J connectivity index is 2.37. The quantitative estimate of drug-likeness (QED) is 0.384. The minimum absolute atomic E-state index is 0.100. The highest BCUT2D eigenvalue weighted by molar-refractivity contribution is 4.93. The van der Waals surface area contributed by atoms with Gasteiger partial charge in [-0.3, -0.25) is 16.2 Å². The number of hydrogen-bond donors (Lipinski definition) is 2. The minimum Gasteiger partial charge on any atom is -0.379 e. The Morgan fingerprint density at radius 2 is 1.79 bits per heavy atom. The summed E-state index contributed by atoms with van der Waals surface area (Å²) in [6.45, 7) is 10.6. The zero-order chi connectivity index (χ0) is 14.1. The summed E-state index contributed by atoms with van der Waals surface area (Å²) in [4.78, 5) is 2.51. The molecule has 114 valence electrons. The van der Waals surface area contributed by atoms with Gasteiger partial charge in [0.1, 0.15) is 0 Å². The van der Waals surface area contributed by atoms with Gasteiger partial charge in [-0.1, -0.05) is 39.0 Å². The molecule has 19 heavy (non-hydrogen) atoms. The smallest absolute Gasteiger partial charge is 0.0594 e. The molecule has 0 aromatic carbocycles. The van der Waals surface area contributed by atoms with Crippen LogP contribution in [0.5, 0.6) is 0 Å². The molecule has 1 fully saturated rings. The predicted molar refractivity (Wildman–Crippen MR) is 81.0 cm³/mol. The van der Waals surface area contributed by atoms with Gasteiger partial charge in [-0.2, -0.15) is 0 Å². The number of hydrazine groups is 1. The van der Waals surface area contributed by atoms with E-state index in [1.54, 1.807) is 0 Å². The number of nitrogens with zero attached hydrogens (tertiary/aromatic N) is 1. The Morgan fingerprint density at radius 1 is 1.16 bits per heavy atom. The molecule has 0 spiro atoms. The molecular weight excluding hydrogens is 238 g/mol. The van der Waals surface area contributed by atoms with Crippen molar-refractivity contribution in [3.05, 3.63) is 0 Å². The number of nitrogens with two attached hydrogens (primary N) is 1. The normalized spacial score (nSPS) is 19.6. The zero-order valence-electron chi connectivity index (χ0n) is 13.1. The van der Waals surface area contributed by atoms with Gasteiger partial charge in [0.05, 0.1) is 13.2 Å². The molecule has 0 radical (unpaired) electrons. The number of morpholine rings is 1. The third-order valence-electron chi connectivity index (χ3n) is 4.48. The predicted octanol–water partition coefficient (Wildman–Crippen LogP) is 2.29. The topological polar surface area (TPSA) is 50.5 Å². The third kappa shape index (κ3) is 5.38. The van der Waals surface area contributed by atoms with Crippen molar-refractivity contribution in [2.45, 2.75) is 70.9 Å². The molecule has 4 heteroatoms. The molecule has 0 aromatic rings. The van der Waals surface area contributed by atoms with Crippen molar-refractivity contribution in [2.75, 3.05) is 26.3 Å². The Labute approximate surface area is 119 Å². The highest BCUT2D eigenvalue weighted by Gasteiger charge is 2.35. The molecule has 1 atom stereocenters. The van der Waals surface area contributed by atoms with Crippen LogP contribution in [0.3, 0.4) is 0 Å². The highest BCUT2D eigenvalue weighted by Crippen LogP contribution is 2.24. The molecule has 0 aromatic heterocycles. The lowest BCUT2D eigenvalue weighted by atomic mass is 9.88. The Morgan fingerprint density at radius 3 is 2.37 bits per heavy atom. The molecule has 3 N–H and O–H groups in total. The van der Waals surface area contributed by atoms with Crippen LogP contribution in [0.1, 0.15) is 59.3 Å². The van der Waals surface area contributed by atoms with Gasteiger partial charge in [-0.05, 0) is 20.3 Å². The van der Waals surface area contributed by atoms with E-state index in [0.29, 0.717) is 6.04 Å². The first-order valence-corrected chi connectivity index (χ1v) is 7.91. The second kappa shape index (κ2) is 8.90. The van der Waals surface area contributed by atoms with Crippen molar-refractivity contribution in [1.82, 2.24) is 10.3 Å². The van der Waals surface area contributed by atoms with E-state index < -0.39 is 0 Å². The van der Waals surface area contributed by atoms with Gasteiger partial charge >= 0.3 is 0 Å². The molecule has 0 aliphatic carbocycles. The fraction of sp³-hybridized carbons (Fsp3) is 1.00. The summed E-state index contributed by atoms with van der Waals surface area (Å²) in [6.07, 6.45) is 7.76. The Hall–Kier alpha value is -0.160. The van der Waals surface area contributed by atoms with Crippen molar-refractivity contribution >= 4 is 0 Å². The largest absolute Gasteiger partial charge is 0.379 e. The Kier molecular flexibility index (Phi) is 7.91. The summed E-state index contributed by atoms with van der Waals surface area (Å²) in [5, 5.41) is 0. The third-order valence-corrected chi connectivity index (χ3v) is 4.48. The lowest BCUT2D eigenvalue weighted by Crippen LogP contribution is -2.61. The van der Waals surface area contributed by atoms with Gasteiger partial charge in [-0.15, -0.1) is 0 Å². The number of nitrogens with one attached hydrogen (secondary N) is 1. The van der Waals surface area contributed by atoms with Crippen LogP contribution in [-0.2, 0) is 4.74 Å². The van der Waals surface area contributed by atoms with Crippen LogP contribution < -0.4 is 11.3 Å². The molecule has 1 aliphatic rings. The molecule has 1 heterocycles. The maximum absolute atomic E-state index is 5.80. The highest BCUT2D eigenvalue weighted by atomic mass is 16.5. The van der Waals surface area contributed by atoms with Crippen LogP contribution in [0.25, 0.3) is 0 Å². The van der Waals surface area contributed by atoms with E-state index in [2.05, 4.69) is 31.1 Å². The maximum atomic E-state index is 5.80. The molecule has 1 saturated heterocycles. The number of rotatable bonds is 9. The molecule has 1 unspecified atom stereocenters. The fourth-order valence-electron chi connectivity index (χ4n) is 2.95. The SMILES string of the molecule is CCCCCCCC(NN)C(C)(C)N1CCOCC1. The molecule has 1 aliphatic heterocycles. The van der Waals surface area contributed by atoms with Crippen LogP contribution in [0.4, 0.5) is 0 Å².